The lowest BCUT2D eigenvalue weighted by Gasteiger charge is -2.40. The Morgan fingerprint density at radius 3 is 2.71 bits per heavy atom. The van der Waals surface area contributed by atoms with Crippen molar-refractivity contribution in [2.24, 2.45) is 16.3 Å². The highest BCUT2D eigenvalue weighted by atomic mass is 79.9. The number of aliphatic hydroxyl groups excluding tert-OH is 1. The van der Waals surface area contributed by atoms with E-state index in [1.165, 1.54) is 17.0 Å². The number of hydrogen-bond acceptors (Lipinski definition) is 6. The van der Waals surface area contributed by atoms with Crippen LogP contribution in [0.3, 0.4) is 0 Å². The number of aromatic nitrogens is 4. The lowest BCUT2D eigenvalue weighted by atomic mass is 9.69. The number of benzene rings is 1. The van der Waals surface area contributed by atoms with E-state index in [0.29, 0.717) is 24.4 Å². The second kappa shape index (κ2) is 11.5. The van der Waals surface area contributed by atoms with Crippen molar-refractivity contribution in [2.75, 3.05) is 13.7 Å². The summed E-state index contributed by atoms with van der Waals surface area (Å²) in [6.07, 6.45) is 4.87. The molecule has 2 N–H and O–H groups in total. The molecule has 222 valence electrons. The van der Waals surface area contributed by atoms with E-state index in [1.54, 1.807) is 19.3 Å². The number of aliphatic imine (C=N–C) groups is 1. The lowest BCUT2D eigenvalue weighted by Crippen LogP contribution is -2.56. The highest BCUT2D eigenvalue weighted by Gasteiger charge is 2.57. The first-order valence-corrected chi connectivity index (χ1v) is 14.6. The summed E-state index contributed by atoms with van der Waals surface area (Å²) in [5.74, 6) is -0.762. The number of carbonyl (C=O) groups excluding carboxylic acids is 1. The molecule has 1 fully saturated rings. The number of halogens is 4. The summed E-state index contributed by atoms with van der Waals surface area (Å²) < 4.78 is 29.0. The van der Waals surface area contributed by atoms with E-state index >= 15 is 0 Å². The van der Waals surface area contributed by atoms with Crippen molar-refractivity contribution in [3.8, 4) is 5.69 Å². The Morgan fingerprint density at radius 2 is 2.05 bits per heavy atom. The monoisotopic (exact) mass is 661 g/mol. The van der Waals surface area contributed by atoms with Gasteiger partial charge in [0.05, 0.1) is 29.1 Å². The number of guanidine groups is 1. The number of alkyl halides is 2. The van der Waals surface area contributed by atoms with Gasteiger partial charge in [0.25, 0.3) is 12.3 Å². The van der Waals surface area contributed by atoms with Gasteiger partial charge in [-0.2, -0.15) is 5.10 Å². The second-order valence-corrected chi connectivity index (χ2v) is 13.0. The standard InChI is InChI=1S/C29H31BrClF2N7O2/c1-28(2,3)14-29(18-6-8-21-17(9-18)10-19(30)12-35-21)26(42)39(27(34-4)38-29)23(13-41)16-5-7-20(31)22(11-16)40-25(24(32)33)36-15-37-40/h5-8,10-12,15,18,23-24,41H,9,13-14H2,1-4H3,(H,34,38)/t18?,23-,29-/m1/s1. The van der Waals surface area contributed by atoms with Crippen LogP contribution in [0.4, 0.5) is 8.78 Å². The molecule has 3 heterocycles. The number of nitrogens with one attached hydrogen (secondary N) is 1. The summed E-state index contributed by atoms with van der Waals surface area (Å²) in [6.45, 7) is 5.75. The molecule has 9 nitrogen and oxygen atoms in total. The third-order valence-corrected chi connectivity index (χ3v) is 8.30. The first-order valence-electron chi connectivity index (χ1n) is 13.4. The van der Waals surface area contributed by atoms with Crippen molar-refractivity contribution in [3.05, 3.63) is 75.0 Å². The lowest BCUT2D eigenvalue weighted by molar-refractivity contribution is -0.136. The Kier molecular flexibility index (Phi) is 8.25. The van der Waals surface area contributed by atoms with Gasteiger partial charge < -0.3 is 10.4 Å². The van der Waals surface area contributed by atoms with Gasteiger partial charge in [-0.05, 0) is 69.6 Å². The first kappa shape index (κ1) is 30.2. The number of fused-ring (bicyclic) bond motifs is 1. The van der Waals surface area contributed by atoms with Crippen molar-refractivity contribution < 1.29 is 18.7 Å². The molecule has 0 spiro atoms. The molecule has 1 aliphatic heterocycles. The van der Waals surface area contributed by atoms with Crippen LogP contribution < -0.4 is 5.32 Å². The number of amides is 1. The molecule has 1 aliphatic carbocycles. The van der Waals surface area contributed by atoms with Crippen LogP contribution in [0.5, 0.6) is 0 Å². The second-order valence-electron chi connectivity index (χ2n) is 11.7. The zero-order chi connectivity index (χ0) is 30.4. The molecule has 1 aromatic carbocycles. The van der Waals surface area contributed by atoms with E-state index in [0.717, 1.165) is 26.7 Å². The number of rotatable bonds is 7. The molecule has 3 aromatic rings. The van der Waals surface area contributed by atoms with Crippen molar-refractivity contribution in [1.29, 1.82) is 0 Å². The molecular formula is C29H31BrClF2N7O2. The normalized spacial score (nSPS) is 22.1. The zero-order valence-corrected chi connectivity index (χ0v) is 25.9. The van der Waals surface area contributed by atoms with Gasteiger partial charge in [-0.25, -0.2) is 18.4 Å². The molecule has 13 heteroatoms. The van der Waals surface area contributed by atoms with Gasteiger partial charge in [0, 0.05) is 23.6 Å². The maximum absolute atomic E-state index is 14.7. The maximum Gasteiger partial charge on any atom is 0.297 e. The fraction of sp³-hybridized carbons (Fsp3) is 0.414. The Bertz CT molecular complexity index is 1570. The van der Waals surface area contributed by atoms with Crippen LogP contribution in [0.15, 0.2) is 52.3 Å². The van der Waals surface area contributed by atoms with Gasteiger partial charge in [0.2, 0.25) is 5.96 Å². The summed E-state index contributed by atoms with van der Waals surface area (Å²) in [5.41, 5.74) is 1.14. The fourth-order valence-electron chi connectivity index (χ4n) is 5.89. The minimum Gasteiger partial charge on any atom is -0.394 e. The number of carbonyl (C=O) groups is 1. The largest absolute Gasteiger partial charge is 0.394 e. The van der Waals surface area contributed by atoms with Crippen molar-refractivity contribution >= 4 is 45.5 Å². The van der Waals surface area contributed by atoms with Crippen molar-refractivity contribution in [1.82, 2.24) is 30.0 Å². The molecule has 1 saturated heterocycles. The van der Waals surface area contributed by atoms with E-state index < -0.39 is 30.4 Å². The molecule has 42 heavy (non-hydrogen) atoms. The molecule has 3 atom stereocenters. The highest BCUT2D eigenvalue weighted by molar-refractivity contribution is 9.10. The molecule has 2 aromatic heterocycles. The Balaban J connectivity index is 1.58. The van der Waals surface area contributed by atoms with Gasteiger partial charge in [-0.1, -0.05) is 44.5 Å². The van der Waals surface area contributed by atoms with E-state index in [2.05, 4.69) is 62.1 Å². The predicted octanol–water partition coefficient (Wildman–Crippen LogP) is 5.53. The molecule has 0 bridgehead atoms. The van der Waals surface area contributed by atoms with Crippen LogP contribution in [-0.4, -0.2) is 60.8 Å². The molecule has 1 unspecified atom stereocenters. The minimum absolute atomic E-state index is 0.154. The molecule has 2 aliphatic rings. The van der Waals surface area contributed by atoms with Gasteiger partial charge in [-0.15, -0.1) is 0 Å². The SMILES string of the molecule is CN=C1N[C@](CC(C)(C)C)(C2C=Cc3ncc(Br)cc3C2)C(=O)N1[C@H](CO)c1ccc(Cl)c(-n2ncnc2C(F)F)c1. The minimum atomic E-state index is -2.88. The van der Waals surface area contributed by atoms with Crippen LogP contribution >= 0.6 is 27.5 Å². The average Bonchev–Trinajstić information content (AvgIpc) is 3.53. The van der Waals surface area contributed by atoms with Gasteiger partial charge >= 0.3 is 0 Å². The summed E-state index contributed by atoms with van der Waals surface area (Å²) in [5, 5.41) is 18.2. The Hall–Kier alpha value is -3.22. The summed E-state index contributed by atoms with van der Waals surface area (Å²) in [7, 11) is 1.58. The Morgan fingerprint density at radius 1 is 1.29 bits per heavy atom. The van der Waals surface area contributed by atoms with E-state index in [4.69, 9.17) is 11.6 Å². The molecule has 0 saturated carbocycles. The van der Waals surface area contributed by atoms with Gasteiger partial charge in [0.1, 0.15) is 11.9 Å². The number of nitrogens with zero attached hydrogens (tertiary/aromatic N) is 6. The molecular weight excluding hydrogens is 632 g/mol. The van der Waals surface area contributed by atoms with Gasteiger partial charge in [-0.3, -0.25) is 19.7 Å². The predicted molar refractivity (Wildman–Crippen MR) is 159 cm³/mol. The average molecular weight is 663 g/mol. The molecule has 1 amide bonds. The third-order valence-electron chi connectivity index (χ3n) is 7.55. The van der Waals surface area contributed by atoms with Crippen LogP contribution in [0.1, 0.15) is 62.3 Å². The number of pyridine rings is 1. The van der Waals surface area contributed by atoms with Crippen LogP contribution in [0, 0.1) is 11.3 Å². The smallest absolute Gasteiger partial charge is 0.297 e. The van der Waals surface area contributed by atoms with E-state index in [9.17, 15) is 18.7 Å². The molecule has 0 radical (unpaired) electrons. The first-order chi connectivity index (χ1) is 19.9. The quantitative estimate of drug-likeness (QED) is 0.345. The van der Waals surface area contributed by atoms with Crippen molar-refractivity contribution in [3.63, 3.8) is 0 Å². The number of hydrogen-bond donors (Lipinski definition) is 2. The molecule has 5 rings (SSSR count). The summed E-state index contributed by atoms with van der Waals surface area (Å²) in [4.78, 5) is 28.8. The van der Waals surface area contributed by atoms with Crippen LogP contribution in [0.2, 0.25) is 5.02 Å². The summed E-state index contributed by atoms with van der Waals surface area (Å²) >= 11 is 9.90. The fourth-order valence-corrected chi connectivity index (χ4v) is 6.47. The third kappa shape index (κ3) is 5.47. The topological polar surface area (TPSA) is 109 Å². The maximum atomic E-state index is 14.7. The van der Waals surface area contributed by atoms with Gasteiger partial charge in [0.15, 0.2) is 5.82 Å². The Labute approximate surface area is 255 Å². The van der Waals surface area contributed by atoms with Crippen LogP contribution in [0.25, 0.3) is 11.8 Å². The van der Waals surface area contributed by atoms with E-state index in [1.807, 2.05) is 18.2 Å². The van der Waals surface area contributed by atoms with Crippen molar-refractivity contribution in [2.45, 2.75) is 51.6 Å². The van der Waals surface area contributed by atoms with E-state index in [-0.39, 0.29) is 28.0 Å². The van der Waals surface area contributed by atoms with Crippen LogP contribution in [-0.2, 0) is 11.2 Å². The summed E-state index contributed by atoms with van der Waals surface area (Å²) in [6, 6.07) is 5.83. The zero-order valence-electron chi connectivity index (χ0n) is 23.5. The number of aliphatic hydroxyl groups is 1. The highest BCUT2D eigenvalue weighted by Crippen LogP contribution is 2.44.